The van der Waals surface area contributed by atoms with Crippen molar-refractivity contribution in [3.63, 3.8) is 0 Å². The number of carboxylic acids is 1. The summed E-state index contributed by atoms with van der Waals surface area (Å²) >= 11 is 0. The smallest absolute Gasteiger partial charge is 0.407 e. The number of carboxylic acid groups (broad SMARTS) is 1. The van der Waals surface area contributed by atoms with Crippen molar-refractivity contribution in [3.05, 3.63) is 35.9 Å². The number of aliphatic carboxylic acids is 1. The maximum absolute atomic E-state index is 12.0. The van der Waals surface area contributed by atoms with E-state index in [1.54, 1.807) is 6.92 Å². The van der Waals surface area contributed by atoms with Crippen LogP contribution in [0.1, 0.15) is 39.2 Å². The molecule has 1 aliphatic rings. The van der Waals surface area contributed by atoms with E-state index in [1.165, 1.54) is 0 Å². The van der Waals surface area contributed by atoms with Crippen LogP contribution in [-0.4, -0.2) is 23.2 Å². The molecule has 22 heavy (non-hydrogen) atoms. The molecule has 1 aromatic rings. The van der Waals surface area contributed by atoms with Gasteiger partial charge in [0, 0.05) is 11.5 Å². The van der Waals surface area contributed by atoms with E-state index in [-0.39, 0.29) is 12.6 Å². The van der Waals surface area contributed by atoms with Crippen LogP contribution in [0.4, 0.5) is 4.79 Å². The van der Waals surface area contributed by atoms with Crippen LogP contribution in [0, 0.1) is 10.8 Å². The molecule has 0 aromatic heterocycles. The standard InChI is InChI=1S/C17H23NO4/c1-16(2)13(9-10-17(16,3)14(19)20)18-15(21)22-11-12-7-5-4-6-8-12/h4-8,13H,9-11H2,1-3H3,(H,18,21)(H,19,20)/t13-,17-/m0/s1. The molecule has 1 aromatic carbocycles. The third-order valence-corrected chi connectivity index (χ3v) is 5.20. The number of ether oxygens (including phenoxy) is 1. The second-order valence-corrected chi connectivity index (χ2v) is 6.66. The lowest BCUT2D eigenvalue weighted by Crippen LogP contribution is -2.49. The van der Waals surface area contributed by atoms with Crippen molar-refractivity contribution in [1.82, 2.24) is 5.32 Å². The van der Waals surface area contributed by atoms with Crippen molar-refractivity contribution in [2.24, 2.45) is 10.8 Å². The van der Waals surface area contributed by atoms with Crippen LogP contribution >= 0.6 is 0 Å². The van der Waals surface area contributed by atoms with E-state index in [0.29, 0.717) is 12.8 Å². The topological polar surface area (TPSA) is 75.6 Å². The van der Waals surface area contributed by atoms with Crippen LogP contribution in [0.3, 0.4) is 0 Å². The van der Waals surface area contributed by atoms with Gasteiger partial charge in [0.15, 0.2) is 0 Å². The van der Waals surface area contributed by atoms with E-state index in [2.05, 4.69) is 5.32 Å². The molecule has 0 unspecified atom stereocenters. The number of nitrogens with one attached hydrogen (secondary N) is 1. The fourth-order valence-corrected chi connectivity index (χ4v) is 3.04. The summed E-state index contributed by atoms with van der Waals surface area (Å²) in [7, 11) is 0. The highest BCUT2D eigenvalue weighted by molar-refractivity contribution is 5.76. The molecule has 0 heterocycles. The number of benzene rings is 1. The first-order valence-electron chi connectivity index (χ1n) is 7.48. The van der Waals surface area contributed by atoms with E-state index in [0.717, 1.165) is 5.56 Å². The summed E-state index contributed by atoms with van der Waals surface area (Å²) in [5.41, 5.74) is -0.465. The normalized spacial score (nSPS) is 26.4. The average Bonchev–Trinajstić information content (AvgIpc) is 2.71. The molecule has 1 fully saturated rings. The van der Waals surface area contributed by atoms with Crippen molar-refractivity contribution in [2.75, 3.05) is 0 Å². The van der Waals surface area contributed by atoms with Crippen LogP contribution in [0.15, 0.2) is 30.3 Å². The summed E-state index contributed by atoms with van der Waals surface area (Å²) in [5, 5.41) is 12.3. The number of rotatable bonds is 4. The first kappa shape index (κ1) is 16.3. The Balaban J connectivity index is 1.94. The summed E-state index contributed by atoms with van der Waals surface area (Å²) in [6.07, 6.45) is 0.673. The Bertz CT molecular complexity index is 555. The van der Waals surface area contributed by atoms with Gasteiger partial charge >= 0.3 is 12.1 Å². The van der Waals surface area contributed by atoms with E-state index in [4.69, 9.17) is 4.74 Å². The van der Waals surface area contributed by atoms with Crippen molar-refractivity contribution >= 4 is 12.1 Å². The van der Waals surface area contributed by atoms with Gasteiger partial charge in [-0.05, 0) is 25.3 Å². The molecule has 1 amide bonds. The quantitative estimate of drug-likeness (QED) is 0.895. The first-order chi connectivity index (χ1) is 10.3. The second kappa shape index (κ2) is 5.99. The number of hydrogen-bond donors (Lipinski definition) is 2. The Kier molecular flexibility index (Phi) is 4.44. The molecule has 0 saturated heterocycles. The average molecular weight is 305 g/mol. The number of hydrogen-bond acceptors (Lipinski definition) is 3. The summed E-state index contributed by atoms with van der Waals surface area (Å²) in [6, 6.07) is 9.22. The van der Waals surface area contributed by atoms with E-state index < -0.39 is 22.9 Å². The molecule has 0 spiro atoms. The summed E-state index contributed by atoms with van der Waals surface area (Å²) in [4.78, 5) is 23.5. The zero-order chi connectivity index (χ0) is 16.4. The van der Waals surface area contributed by atoms with Gasteiger partial charge in [-0.15, -0.1) is 0 Å². The minimum absolute atomic E-state index is 0.204. The molecule has 1 saturated carbocycles. The van der Waals surface area contributed by atoms with Crippen LogP contribution in [-0.2, 0) is 16.1 Å². The van der Waals surface area contributed by atoms with E-state index in [9.17, 15) is 14.7 Å². The van der Waals surface area contributed by atoms with Gasteiger partial charge in [-0.25, -0.2) is 4.79 Å². The third-order valence-electron chi connectivity index (χ3n) is 5.20. The van der Waals surface area contributed by atoms with E-state index >= 15 is 0 Å². The van der Waals surface area contributed by atoms with Crippen LogP contribution < -0.4 is 5.32 Å². The van der Waals surface area contributed by atoms with Gasteiger partial charge in [0.2, 0.25) is 0 Å². The van der Waals surface area contributed by atoms with Crippen molar-refractivity contribution in [3.8, 4) is 0 Å². The Morgan fingerprint density at radius 1 is 1.27 bits per heavy atom. The largest absolute Gasteiger partial charge is 0.481 e. The van der Waals surface area contributed by atoms with Crippen LogP contribution in [0.5, 0.6) is 0 Å². The summed E-state index contributed by atoms with van der Waals surface area (Å²) < 4.78 is 5.21. The highest BCUT2D eigenvalue weighted by Gasteiger charge is 2.56. The third kappa shape index (κ3) is 2.93. The molecule has 0 aliphatic heterocycles. The molecular weight excluding hydrogens is 282 g/mol. The molecule has 5 heteroatoms. The number of amides is 1. The van der Waals surface area contributed by atoms with Gasteiger partial charge < -0.3 is 15.2 Å². The summed E-state index contributed by atoms with van der Waals surface area (Å²) in [6.45, 7) is 5.72. The Labute approximate surface area is 130 Å². The number of carbonyl (C=O) groups is 2. The van der Waals surface area contributed by atoms with Crippen LogP contribution in [0.25, 0.3) is 0 Å². The molecular formula is C17H23NO4. The highest BCUT2D eigenvalue weighted by atomic mass is 16.5. The van der Waals surface area contributed by atoms with Crippen molar-refractivity contribution < 1.29 is 19.4 Å². The molecule has 2 N–H and O–H groups in total. The molecule has 120 valence electrons. The fraction of sp³-hybridized carbons (Fsp3) is 0.529. The van der Waals surface area contributed by atoms with Gasteiger partial charge in [0.05, 0.1) is 5.41 Å². The Morgan fingerprint density at radius 3 is 2.45 bits per heavy atom. The van der Waals surface area contributed by atoms with Gasteiger partial charge in [-0.1, -0.05) is 44.2 Å². The van der Waals surface area contributed by atoms with Crippen LogP contribution in [0.2, 0.25) is 0 Å². The predicted molar refractivity (Wildman–Crippen MR) is 82.3 cm³/mol. The van der Waals surface area contributed by atoms with Gasteiger partial charge in [0.25, 0.3) is 0 Å². The maximum Gasteiger partial charge on any atom is 0.407 e. The summed E-state index contributed by atoms with van der Waals surface area (Å²) in [5.74, 6) is -0.820. The maximum atomic E-state index is 12.0. The molecule has 1 aliphatic carbocycles. The zero-order valence-electron chi connectivity index (χ0n) is 13.3. The first-order valence-corrected chi connectivity index (χ1v) is 7.48. The van der Waals surface area contributed by atoms with Gasteiger partial charge in [0.1, 0.15) is 6.61 Å². The second-order valence-electron chi connectivity index (χ2n) is 6.66. The SMILES string of the molecule is CC1(C)[C@@H](NC(=O)OCc2ccccc2)CC[C@@]1(C)C(=O)O. The van der Waals surface area contributed by atoms with Gasteiger partial charge in [-0.2, -0.15) is 0 Å². The zero-order valence-corrected chi connectivity index (χ0v) is 13.3. The minimum Gasteiger partial charge on any atom is -0.481 e. The molecule has 5 nitrogen and oxygen atoms in total. The van der Waals surface area contributed by atoms with Gasteiger partial charge in [-0.3, -0.25) is 4.79 Å². The highest BCUT2D eigenvalue weighted by Crippen LogP contribution is 2.52. The molecule has 2 atom stereocenters. The fourth-order valence-electron chi connectivity index (χ4n) is 3.04. The lowest BCUT2D eigenvalue weighted by Gasteiger charge is -2.38. The predicted octanol–water partition coefficient (Wildman–Crippen LogP) is 3.19. The lowest BCUT2D eigenvalue weighted by molar-refractivity contribution is -0.153. The number of alkyl carbamates (subject to hydrolysis) is 1. The molecule has 0 bridgehead atoms. The van der Waals surface area contributed by atoms with Crippen molar-refractivity contribution in [1.29, 1.82) is 0 Å². The molecule has 2 rings (SSSR count). The monoisotopic (exact) mass is 305 g/mol. The number of carbonyl (C=O) groups excluding carboxylic acids is 1. The van der Waals surface area contributed by atoms with E-state index in [1.807, 2.05) is 44.2 Å². The van der Waals surface area contributed by atoms with Crippen molar-refractivity contribution in [2.45, 2.75) is 46.3 Å². The minimum atomic E-state index is -0.843. The molecule has 0 radical (unpaired) electrons. The Hall–Kier alpha value is -2.04. The lowest BCUT2D eigenvalue weighted by atomic mass is 9.68. The Morgan fingerprint density at radius 2 is 1.91 bits per heavy atom.